The number of aromatic nitrogens is 4. The van der Waals surface area contributed by atoms with E-state index in [1.165, 1.54) is 0 Å². The minimum absolute atomic E-state index is 0.255. The van der Waals surface area contributed by atoms with Crippen molar-refractivity contribution in [3.05, 3.63) is 74.9 Å². The summed E-state index contributed by atoms with van der Waals surface area (Å²) in [6, 6.07) is 12.1. The molecule has 0 spiro atoms. The van der Waals surface area contributed by atoms with Crippen molar-refractivity contribution in [2.45, 2.75) is 39.5 Å². The number of esters is 1. The minimum Gasteiger partial charge on any atom is -0.489 e. The maximum atomic E-state index is 12.9. The number of anilines is 1. The van der Waals surface area contributed by atoms with Gasteiger partial charge in [-0.2, -0.15) is 4.68 Å². The van der Waals surface area contributed by atoms with Crippen LogP contribution in [0.2, 0.25) is 10.0 Å². The maximum Gasteiger partial charge on any atom is 0.338 e. The summed E-state index contributed by atoms with van der Waals surface area (Å²) < 4.78 is 12.9. The number of carbonyl (C=O) groups excluding carboxylic acids is 1. The summed E-state index contributed by atoms with van der Waals surface area (Å²) in [7, 11) is 0. The summed E-state index contributed by atoms with van der Waals surface area (Å²) in [6.45, 7) is 5.71. The van der Waals surface area contributed by atoms with Crippen LogP contribution in [-0.2, 0) is 16.1 Å². The van der Waals surface area contributed by atoms with Crippen molar-refractivity contribution in [1.29, 1.82) is 0 Å². The van der Waals surface area contributed by atoms with Crippen LogP contribution in [0.1, 0.15) is 37.9 Å². The van der Waals surface area contributed by atoms with Crippen molar-refractivity contribution in [1.82, 2.24) is 20.2 Å². The Hall–Kier alpha value is -3.10. The molecular weight excluding hydrogens is 453 g/mol. The van der Waals surface area contributed by atoms with Crippen molar-refractivity contribution in [2.24, 2.45) is 0 Å². The Morgan fingerprint density at radius 2 is 1.94 bits per heavy atom. The largest absolute Gasteiger partial charge is 0.489 e. The first-order valence-electron chi connectivity index (χ1n) is 9.97. The van der Waals surface area contributed by atoms with Crippen LogP contribution >= 0.6 is 23.2 Å². The van der Waals surface area contributed by atoms with E-state index in [-0.39, 0.29) is 6.10 Å². The van der Waals surface area contributed by atoms with Gasteiger partial charge in [-0.1, -0.05) is 46.5 Å². The third kappa shape index (κ3) is 4.56. The Bertz CT molecular complexity index is 1170. The number of benzene rings is 2. The third-order valence-corrected chi connectivity index (χ3v) is 5.47. The Balaban J connectivity index is 1.59. The summed E-state index contributed by atoms with van der Waals surface area (Å²) in [5.41, 5.74) is 2.72. The SMILES string of the molecule is CC1=C(C(=O)OC(C)C)C(c2ccc(OCc3ccc(Cl)cc3Cl)cc2)n2nnnc2N1. The molecular formula is C22H21Cl2N5O3. The summed E-state index contributed by atoms with van der Waals surface area (Å²) in [6.07, 6.45) is -0.255. The monoisotopic (exact) mass is 473 g/mol. The molecule has 1 aliphatic heterocycles. The van der Waals surface area contributed by atoms with Crippen LogP contribution in [0.25, 0.3) is 0 Å². The van der Waals surface area contributed by atoms with E-state index in [1.807, 2.05) is 30.3 Å². The maximum absolute atomic E-state index is 12.9. The molecule has 0 amide bonds. The van der Waals surface area contributed by atoms with Crippen LogP contribution in [0.4, 0.5) is 5.95 Å². The number of hydrogen-bond acceptors (Lipinski definition) is 7. The highest BCUT2D eigenvalue weighted by atomic mass is 35.5. The molecule has 2 heterocycles. The van der Waals surface area contributed by atoms with Gasteiger partial charge in [0.15, 0.2) is 0 Å². The number of tetrazole rings is 1. The highest BCUT2D eigenvalue weighted by Gasteiger charge is 2.35. The molecule has 1 unspecified atom stereocenters. The van der Waals surface area contributed by atoms with Crippen LogP contribution in [-0.4, -0.2) is 32.3 Å². The Morgan fingerprint density at radius 3 is 2.62 bits per heavy atom. The quantitative estimate of drug-likeness (QED) is 0.514. The lowest BCUT2D eigenvalue weighted by atomic mass is 9.95. The number of nitrogens with zero attached hydrogens (tertiary/aromatic N) is 4. The molecule has 1 atom stereocenters. The average molecular weight is 474 g/mol. The van der Waals surface area contributed by atoms with Crippen LogP contribution in [0.5, 0.6) is 5.75 Å². The normalized spacial score (nSPS) is 15.4. The second kappa shape index (κ2) is 9.18. The molecule has 0 bridgehead atoms. The number of nitrogens with one attached hydrogen (secondary N) is 1. The van der Waals surface area contributed by atoms with Gasteiger partial charge in [0.2, 0.25) is 5.95 Å². The van der Waals surface area contributed by atoms with E-state index in [0.29, 0.717) is 39.6 Å². The number of ether oxygens (including phenoxy) is 2. The van der Waals surface area contributed by atoms with Crippen LogP contribution in [0.15, 0.2) is 53.7 Å². The summed E-state index contributed by atoms with van der Waals surface area (Å²) in [4.78, 5) is 12.9. The number of hydrogen-bond donors (Lipinski definition) is 1. The van der Waals surface area contributed by atoms with E-state index >= 15 is 0 Å². The minimum atomic E-state index is -0.535. The molecule has 1 aromatic heterocycles. The van der Waals surface area contributed by atoms with E-state index in [1.54, 1.807) is 37.6 Å². The van der Waals surface area contributed by atoms with Crippen LogP contribution in [0.3, 0.4) is 0 Å². The zero-order chi connectivity index (χ0) is 22.8. The lowest BCUT2D eigenvalue weighted by Crippen LogP contribution is -2.30. The highest BCUT2D eigenvalue weighted by molar-refractivity contribution is 6.35. The molecule has 4 rings (SSSR count). The fourth-order valence-electron chi connectivity index (χ4n) is 3.41. The molecule has 0 saturated heterocycles. The molecule has 8 nitrogen and oxygen atoms in total. The molecule has 166 valence electrons. The molecule has 0 radical (unpaired) electrons. The van der Waals surface area contributed by atoms with Crippen molar-refractivity contribution in [3.63, 3.8) is 0 Å². The van der Waals surface area contributed by atoms with E-state index in [9.17, 15) is 4.79 Å². The summed E-state index contributed by atoms with van der Waals surface area (Å²) >= 11 is 12.2. The lowest BCUT2D eigenvalue weighted by Gasteiger charge is -2.28. The van der Waals surface area contributed by atoms with E-state index in [2.05, 4.69) is 20.8 Å². The molecule has 0 aliphatic carbocycles. The van der Waals surface area contributed by atoms with E-state index in [4.69, 9.17) is 32.7 Å². The van der Waals surface area contributed by atoms with Crippen molar-refractivity contribution < 1.29 is 14.3 Å². The van der Waals surface area contributed by atoms with Gasteiger partial charge >= 0.3 is 5.97 Å². The molecule has 32 heavy (non-hydrogen) atoms. The first-order valence-corrected chi connectivity index (χ1v) is 10.7. The summed E-state index contributed by atoms with van der Waals surface area (Å²) in [5, 5.41) is 16.0. The molecule has 0 fully saturated rings. The zero-order valence-corrected chi connectivity index (χ0v) is 19.2. The number of carbonyl (C=O) groups is 1. The first kappa shape index (κ1) is 22.1. The molecule has 1 N–H and O–H groups in total. The van der Waals surface area contributed by atoms with Gasteiger partial charge in [-0.15, -0.1) is 0 Å². The number of fused-ring (bicyclic) bond motifs is 1. The smallest absolute Gasteiger partial charge is 0.338 e. The van der Waals surface area contributed by atoms with E-state index < -0.39 is 12.0 Å². The number of allylic oxidation sites excluding steroid dienone is 1. The van der Waals surface area contributed by atoms with Crippen molar-refractivity contribution in [2.75, 3.05) is 5.32 Å². The van der Waals surface area contributed by atoms with Gasteiger partial charge in [0.1, 0.15) is 18.4 Å². The van der Waals surface area contributed by atoms with Gasteiger partial charge in [-0.3, -0.25) is 0 Å². The van der Waals surface area contributed by atoms with Gasteiger partial charge in [0.05, 0.1) is 11.7 Å². The van der Waals surface area contributed by atoms with Gasteiger partial charge < -0.3 is 14.8 Å². The standard InChI is InChI=1S/C22H21Cl2N5O3/c1-12(2)32-21(30)19-13(3)25-22-26-27-28-29(22)20(19)14-5-8-17(9-6-14)31-11-15-4-7-16(23)10-18(15)24/h4-10,12,20H,11H2,1-3H3,(H,25,26,28). The molecule has 2 aromatic carbocycles. The topological polar surface area (TPSA) is 91.2 Å². The zero-order valence-electron chi connectivity index (χ0n) is 17.7. The van der Waals surface area contributed by atoms with Crippen LogP contribution in [0, 0.1) is 0 Å². The highest BCUT2D eigenvalue weighted by Crippen LogP contribution is 2.35. The molecule has 0 saturated carbocycles. The van der Waals surface area contributed by atoms with Crippen molar-refractivity contribution in [3.8, 4) is 5.75 Å². The number of halogens is 2. The van der Waals surface area contributed by atoms with E-state index in [0.717, 1.165) is 11.1 Å². The second-order valence-corrected chi connectivity index (χ2v) is 8.40. The van der Waals surface area contributed by atoms with Gasteiger partial charge in [0, 0.05) is 21.3 Å². The predicted molar refractivity (Wildman–Crippen MR) is 121 cm³/mol. The summed E-state index contributed by atoms with van der Waals surface area (Å²) in [5.74, 6) is 0.679. The Kier molecular flexibility index (Phi) is 6.34. The number of rotatable bonds is 6. The van der Waals surface area contributed by atoms with Gasteiger partial charge in [0.25, 0.3) is 0 Å². The predicted octanol–water partition coefficient (Wildman–Crippen LogP) is 4.80. The Labute approximate surface area is 195 Å². The fraction of sp³-hybridized carbons (Fsp3) is 0.273. The lowest BCUT2D eigenvalue weighted by molar-refractivity contribution is -0.143. The molecule has 10 heteroatoms. The molecule has 1 aliphatic rings. The fourth-order valence-corrected chi connectivity index (χ4v) is 3.87. The third-order valence-electron chi connectivity index (χ3n) is 4.88. The Morgan fingerprint density at radius 1 is 1.19 bits per heavy atom. The average Bonchev–Trinajstić information content (AvgIpc) is 3.20. The first-order chi connectivity index (χ1) is 15.3. The molecule has 3 aromatic rings. The van der Waals surface area contributed by atoms with Gasteiger partial charge in [-0.05, 0) is 61.0 Å². The van der Waals surface area contributed by atoms with Gasteiger partial charge in [-0.25, -0.2) is 4.79 Å². The van der Waals surface area contributed by atoms with Crippen molar-refractivity contribution >= 4 is 35.1 Å². The van der Waals surface area contributed by atoms with Crippen LogP contribution < -0.4 is 10.1 Å². The second-order valence-electron chi connectivity index (χ2n) is 7.56.